The number of piperidine rings is 2. The first kappa shape index (κ1) is 18.4. The highest BCUT2D eigenvalue weighted by Gasteiger charge is 2.55. The summed E-state index contributed by atoms with van der Waals surface area (Å²) in [6, 6.07) is 7.34. The van der Waals surface area contributed by atoms with E-state index >= 15 is 0 Å². The van der Waals surface area contributed by atoms with Crippen LogP contribution in [0.3, 0.4) is 0 Å². The van der Waals surface area contributed by atoms with E-state index in [1.807, 2.05) is 0 Å². The van der Waals surface area contributed by atoms with Gasteiger partial charge in [-0.25, -0.2) is 0 Å². The van der Waals surface area contributed by atoms with E-state index in [1.54, 1.807) is 7.11 Å². The summed E-state index contributed by atoms with van der Waals surface area (Å²) in [7, 11) is 3.25. The van der Waals surface area contributed by atoms with Crippen molar-refractivity contribution in [3.05, 3.63) is 29.3 Å². The second-order valence-electron chi connectivity index (χ2n) is 9.31. The number of likely N-dealkylation sites (tertiary alicyclic amines) is 2. The van der Waals surface area contributed by atoms with Crippen molar-refractivity contribution in [3.8, 4) is 5.75 Å². The molecule has 2 heterocycles. The van der Waals surface area contributed by atoms with Crippen LogP contribution in [-0.4, -0.2) is 68.8 Å². The number of carbonyl (C=O) groups excluding carboxylic acids is 1. The van der Waals surface area contributed by atoms with Crippen molar-refractivity contribution in [2.75, 3.05) is 46.9 Å². The lowest BCUT2D eigenvalue weighted by Gasteiger charge is -2.60. The van der Waals surface area contributed by atoms with E-state index in [1.165, 1.54) is 50.6 Å². The smallest absolute Gasteiger partial charge is 0.319 e. The van der Waals surface area contributed by atoms with Crippen LogP contribution in [0.25, 0.3) is 0 Å². The van der Waals surface area contributed by atoms with Gasteiger partial charge in [-0.1, -0.05) is 6.07 Å². The number of benzene rings is 1. The summed E-state index contributed by atoms with van der Waals surface area (Å²) >= 11 is 0. The minimum atomic E-state index is -0.117. The minimum Gasteiger partial charge on any atom is -0.497 e. The Morgan fingerprint density at radius 1 is 1.21 bits per heavy atom. The number of fused-ring (bicyclic) bond motifs is 1. The van der Waals surface area contributed by atoms with Crippen LogP contribution < -0.4 is 4.74 Å². The normalized spacial score (nSPS) is 32.4. The molecular formula is C23H32N2O3. The lowest BCUT2D eigenvalue weighted by Crippen LogP contribution is -2.66. The zero-order valence-electron chi connectivity index (χ0n) is 17.2. The number of rotatable bonds is 5. The molecule has 0 radical (unpaired) electrons. The Kier molecular flexibility index (Phi) is 4.63. The molecule has 3 atom stereocenters. The fraction of sp³-hybridized carbons (Fsp3) is 0.696. The Balaban J connectivity index is 1.49. The van der Waals surface area contributed by atoms with Gasteiger partial charge >= 0.3 is 5.97 Å². The molecular weight excluding hydrogens is 352 g/mol. The van der Waals surface area contributed by atoms with Crippen molar-refractivity contribution in [1.29, 1.82) is 0 Å². The van der Waals surface area contributed by atoms with E-state index in [9.17, 15) is 4.79 Å². The minimum absolute atomic E-state index is 0.117. The molecule has 0 aromatic heterocycles. The van der Waals surface area contributed by atoms with Crippen LogP contribution in [0.1, 0.15) is 36.8 Å². The van der Waals surface area contributed by atoms with Gasteiger partial charge in [-0.3, -0.25) is 14.6 Å². The highest BCUT2D eigenvalue weighted by atomic mass is 16.5. The zero-order valence-corrected chi connectivity index (χ0v) is 17.2. The summed E-state index contributed by atoms with van der Waals surface area (Å²) in [6.07, 6.45) is 6.29. The number of methoxy groups -OCH3 is 2. The first-order chi connectivity index (χ1) is 13.6. The zero-order chi connectivity index (χ0) is 19.3. The quantitative estimate of drug-likeness (QED) is 0.730. The number of ether oxygens (including phenoxy) is 2. The predicted octanol–water partition coefficient (Wildman–Crippen LogP) is 2.47. The van der Waals surface area contributed by atoms with Crippen LogP contribution in [0.4, 0.5) is 0 Å². The number of carbonyl (C=O) groups is 1. The van der Waals surface area contributed by atoms with Gasteiger partial charge in [-0.2, -0.15) is 0 Å². The summed E-state index contributed by atoms with van der Waals surface area (Å²) in [4.78, 5) is 17.0. The molecule has 1 saturated carbocycles. The van der Waals surface area contributed by atoms with Gasteiger partial charge in [0.15, 0.2) is 0 Å². The van der Waals surface area contributed by atoms with E-state index < -0.39 is 0 Å². The molecule has 5 nitrogen and oxygen atoms in total. The van der Waals surface area contributed by atoms with Gasteiger partial charge in [-0.15, -0.1) is 0 Å². The summed E-state index contributed by atoms with van der Waals surface area (Å²) in [6.45, 7) is 4.86. The van der Waals surface area contributed by atoms with E-state index in [2.05, 4.69) is 28.0 Å². The lowest BCUT2D eigenvalue weighted by molar-refractivity contribution is -0.143. The molecule has 0 spiro atoms. The molecule has 2 aliphatic carbocycles. The number of hydrogen-bond donors (Lipinski definition) is 0. The van der Waals surface area contributed by atoms with Crippen molar-refractivity contribution in [2.45, 2.75) is 43.6 Å². The van der Waals surface area contributed by atoms with Crippen LogP contribution in [-0.2, 0) is 21.4 Å². The molecule has 2 bridgehead atoms. The maximum absolute atomic E-state index is 11.9. The van der Waals surface area contributed by atoms with E-state index in [0.717, 1.165) is 37.6 Å². The molecule has 152 valence electrons. The molecule has 4 aliphatic rings. The van der Waals surface area contributed by atoms with Crippen LogP contribution in [0.2, 0.25) is 0 Å². The first-order valence-corrected chi connectivity index (χ1v) is 10.8. The fourth-order valence-corrected chi connectivity index (χ4v) is 6.19. The van der Waals surface area contributed by atoms with Gasteiger partial charge < -0.3 is 9.47 Å². The number of esters is 1. The monoisotopic (exact) mass is 384 g/mol. The molecule has 0 unspecified atom stereocenters. The van der Waals surface area contributed by atoms with Gasteiger partial charge in [0.05, 0.1) is 20.8 Å². The Labute approximate surface area is 168 Å². The van der Waals surface area contributed by atoms with E-state index in [-0.39, 0.29) is 11.4 Å². The predicted molar refractivity (Wildman–Crippen MR) is 108 cm³/mol. The first-order valence-electron chi connectivity index (χ1n) is 10.8. The lowest BCUT2D eigenvalue weighted by atomic mass is 9.54. The van der Waals surface area contributed by atoms with Crippen LogP contribution in [0.5, 0.6) is 5.75 Å². The molecule has 2 saturated heterocycles. The standard InChI is InChI=1S/C23H32N2O3/c1-27-18-6-5-17-11-21-20-14-24(15-22(26)28-2)9-7-23(20,19(17)12-18)8-10-25(21)13-16-3-4-16/h5-6,12,16,20-21H,3-4,7-11,13-15H2,1-2H3/t20-,21+,23-/m0/s1. The number of nitrogens with zero attached hydrogens (tertiary/aromatic N) is 2. The largest absolute Gasteiger partial charge is 0.497 e. The van der Waals surface area contributed by atoms with Crippen molar-refractivity contribution >= 4 is 5.97 Å². The Bertz CT molecular complexity index is 762. The summed E-state index contributed by atoms with van der Waals surface area (Å²) in [5, 5.41) is 0. The SMILES string of the molecule is COC(=O)CN1CC[C@]23CCN(CC4CC4)[C@H](Cc4ccc(OC)cc42)[C@@H]3C1. The van der Waals surface area contributed by atoms with Crippen molar-refractivity contribution in [2.24, 2.45) is 11.8 Å². The molecule has 5 heteroatoms. The Morgan fingerprint density at radius 3 is 2.79 bits per heavy atom. The third kappa shape index (κ3) is 3.03. The maximum atomic E-state index is 11.9. The van der Waals surface area contributed by atoms with Crippen LogP contribution >= 0.6 is 0 Å². The topological polar surface area (TPSA) is 42.0 Å². The highest BCUT2D eigenvalue weighted by Crippen LogP contribution is 2.54. The second kappa shape index (κ2) is 7.03. The maximum Gasteiger partial charge on any atom is 0.319 e. The van der Waals surface area contributed by atoms with E-state index in [0.29, 0.717) is 18.5 Å². The molecule has 1 aromatic carbocycles. The van der Waals surface area contributed by atoms with Gasteiger partial charge in [0.2, 0.25) is 0 Å². The summed E-state index contributed by atoms with van der Waals surface area (Å²) in [5.74, 6) is 2.36. The average Bonchev–Trinajstić information content (AvgIpc) is 3.54. The Morgan fingerprint density at radius 2 is 2.04 bits per heavy atom. The van der Waals surface area contributed by atoms with Crippen LogP contribution in [0, 0.1) is 11.8 Å². The van der Waals surface area contributed by atoms with Crippen molar-refractivity contribution in [1.82, 2.24) is 9.80 Å². The third-order valence-electron chi connectivity index (χ3n) is 7.87. The van der Waals surface area contributed by atoms with Crippen molar-refractivity contribution in [3.63, 3.8) is 0 Å². The average molecular weight is 385 g/mol. The molecule has 0 amide bonds. The van der Waals surface area contributed by atoms with Gasteiger partial charge in [-0.05, 0) is 80.3 Å². The number of hydrogen-bond acceptors (Lipinski definition) is 5. The van der Waals surface area contributed by atoms with Gasteiger partial charge in [0.25, 0.3) is 0 Å². The Hall–Kier alpha value is -1.59. The van der Waals surface area contributed by atoms with Gasteiger partial charge in [0, 0.05) is 24.5 Å². The highest BCUT2D eigenvalue weighted by molar-refractivity contribution is 5.71. The molecule has 0 N–H and O–H groups in total. The fourth-order valence-electron chi connectivity index (χ4n) is 6.19. The van der Waals surface area contributed by atoms with Crippen LogP contribution in [0.15, 0.2) is 18.2 Å². The molecule has 28 heavy (non-hydrogen) atoms. The second-order valence-corrected chi connectivity index (χ2v) is 9.31. The van der Waals surface area contributed by atoms with Gasteiger partial charge in [0.1, 0.15) is 5.75 Å². The molecule has 1 aromatic rings. The molecule has 2 aliphatic heterocycles. The van der Waals surface area contributed by atoms with E-state index in [4.69, 9.17) is 9.47 Å². The molecule has 5 rings (SSSR count). The molecule has 3 fully saturated rings. The summed E-state index contributed by atoms with van der Waals surface area (Å²) in [5.41, 5.74) is 3.28. The van der Waals surface area contributed by atoms with Crippen molar-refractivity contribution < 1.29 is 14.3 Å². The summed E-state index contributed by atoms with van der Waals surface area (Å²) < 4.78 is 10.5. The third-order valence-corrected chi connectivity index (χ3v) is 7.87.